The van der Waals surface area contributed by atoms with Crippen LogP contribution in [0.15, 0.2) is 66.9 Å². The number of aromatic nitrogens is 1. The number of fused-ring (bicyclic) bond motifs is 1. The van der Waals surface area contributed by atoms with E-state index in [1.807, 2.05) is 48.5 Å². The monoisotopic (exact) mass is 331 g/mol. The molecule has 5 heteroatoms. The highest BCUT2D eigenvalue weighted by Crippen LogP contribution is 2.31. The van der Waals surface area contributed by atoms with Crippen LogP contribution in [-0.4, -0.2) is 23.3 Å². The highest BCUT2D eigenvalue weighted by Gasteiger charge is 2.35. The molecule has 0 bridgehead atoms. The molecule has 5 nitrogen and oxygen atoms in total. The van der Waals surface area contributed by atoms with Crippen molar-refractivity contribution in [1.82, 2.24) is 4.98 Å². The summed E-state index contributed by atoms with van der Waals surface area (Å²) < 4.78 is 0. The van der Waals surface area contributed by atoms with Crippen molar-refractivity contribution < 1.29 is 9.59 Å². The molecule has 124 valence electrons. The van der Waals surface area contributed by atoms with E-state index in [-0.39, 0.29) is 24.2 Å². The third-order valence-electron chi connectivity index (χ3n) is 4.47. The second kappa shape index (κ2) is 6.36. The first kappa shape index (κ1) is 15.3. The normalized spacial score (nSPS) is 17.0. The summed E-state index contributed by atoms with van der Waals surface area (Å²) in [5, 5.41) is 4.88. The largest absolute Gasteiger partial charge is 0.311 e. The molecule has 3 aromatic rings. The molecule has 2 amide bonds. The molecular formula is C20H17N3O2. The fourth-order valence-corrected chi connectivity index (χ4v) is 3.22. The SMILES string of the molecule is O=C(Nc1ccccn1)C1CC(=O)N(c2cccc3ccccc23)C1. The molecule has 2 aromatic carbocycles. The van der Waals surface area contributed by atoms with Crippen LogP contribution >= 0.6 is 0 Å². The number of amides is 2. The van der Waals surface area contributed by atoms with Crippen LogP contribution in [-0.2, 0) is 9.59 Å². The molecule has 1 aliphatic heterocycles. The first-order chi connectivity index (χ1) is 12.2. The molecule has 1 atom stereocenters. The number of carbonyl (C=O) groups is 2. The van der Waals surface area contributed by atoms with Gasteiger partial charge in [-0.25, -0.2) is 4.98 Å². The van der Waals surface area contributed by atoms with E-state index in [0.29, 0.717) is 12.4 Å². The van der Waals surface area contributed by atoms with Gasteiger partial charge in [-0.2, -0.15) is 0 Å². The van der Waals surface area contributed by atoms with Crippen molar-refractivity contribution in [2.45, 2.75) is 6.42 Å². The Morgan fingerprint density at radius 1 is 1.04 bits per heavy atom. The van der Waals surface area contributed by atoms with Crippen LogP contribution < -0.4 is 10.2 Å². The van der Waals surface area contributed by atoms with Crippen LogP contribution in [0.1, 0.15) is 6.42 Å². The first-order valence-corrected chi connectivity index (χ1v) is 8.22. The summed E-state index contributed by atoms with van der Waals surface area (Å²) in [6, 6.07) is 19.2. The average Bonchev–Trinajstić information content (AvgIpc) is 3.04. The molecule has 1 saturated heterocycles. The van der Waals surface area contributed by atoms with E-state index in [4.69, 9.17) is 0 Å². The van der Waals surface area contributed by atoms with E-state index in [1.165, 1.54) is 0 Å². The lowest BCUT2D eigenvalue weighted by Crippen LogP contribution is -2.28. The Bertz CT molecular complexity index is 935. The number of benzene rings is 2. The van der Waals surface area contributed by atoms with Crippen molar-refractivity contribution in [2.75, 3.05) is 16.8 Å². The lowest BCUT2D eigenvalue weighted by Gasteiger charge is -2.19. The van der Waals surface area contributed by atoms with Gasteiger partial charge in [-0.05, 0) is 23.6 Å². The number of anilines is 2. The minimum atomic E-state index is -0.381. The van der Waals surface area contributed by atoms with Gasteiger partial charge in [0.15, 0.2) is 0 Å². The number of pyridine rings is 1. The Kier molecular flexibility index (Phi) is 3.90. The van der Waals surface area contributed by atoms with Crippen LogP contribution in [0, 0.1) is 5.92 Å². The van der Waals surface area contributed by atoms with Crippen LogP contribution in [0.4, 0.5) is 11.5 Å². The molecule has 1 aliphatic rings. The fraction of sp³-hybridized carbons (Fsp3) is 0.150. The Morgan fingerprint density at radius 3 is 2.68 bits per heavy atom. The van der Waals surface area contributed by atoms with Crippen molar-refractivity contribution in [1.29, 1.82) is 0 Å². The maximum absolute atomic E-state index is 12.5. The molecule has 2 heterocycles. The minimum absolute atomic E-state index is 0.0301. The Balaban J connectivity index is 1.57. The molecular weight excluding hydrogens is 314 g/mol. The maximum Gasteiger partial charge on any atom is 0.230 e. The third-order valence-corrected chi connectivity index (χ3v) is 4.47. The van der Waals surface area contributed by atoms with Gasteiger partial charge in [0.1, 0.15) is 5.82 Å². The minimum Gasteiger partial charge on any atom is -0.311 e. The lowest BCUT2D eigenvalue weighted by molar-refractivity contribution is -0.122. The van der Waals surface area contributed by atoms with E-state index in [2.05, 4.69) is 10.3 Å². The predicted octanol–water partition coefficient (Wildman–Crippen LogP) is 3.23. The molecule has 0 saturated carbocycles. The quantitative estimate of drug-likeness (QED) is 0.801. The zero-order chi connectivity index (χ0) is 17.2. The van der Waals surface area contributed by atoms with Crippen LogP contribution in [0.25, 0.3) is 10.8 Å². The summed E-state index contributed by atoms with van der Waals surface area (Å²) >= 11 is 0. The zero-order valence-corrected chi connectivity index (χ0v) is 13.6. The van der Waals surface area contributed by atoms with Crippen molar-refractivity contribution in [2.24, 2.45) is 5.92 Å². The molecule has 1 N–H and O–H groups in total. The smallest absolute Gasteiger partial charge is 0.230 e. The number of carbonyl (C=O) groups excluding carboxylic acids is 2. The number of rotatable bonds is 3. The van der Waals surface area contributed by atoms with E-state index in [9.17, 15) is 9.59 Å². The van der Waals surface area contributed by atoms with Crippen molar-refractivity contribution in [3.8, 4) is 0 Å². The maximum atomic E-state index is 12.5. The van der Waals surface area contributed by atoms with Crippen LogP contribution in [0.3, 0.4) is 0 Å². The first-order valence-electron chi connectivity index (χ1n) is 8.22. The number of hydrogen-bond donors (Lipinski definition) is 1. The summed E-state index contributed by atoms with van der Waals surface area (Å²) in [4.78, 5) is 30.8. The molecule has 1 fully saturated rings. The standard InChI is InChI=1S/C20H17N3O2/c24-19-12-15(20(25)22-18-10-3-4-11-21-18)13-23(19)17-9-5-7-14-6-1-2-8-16(14)17/h1-11,15H,12-13H2,(H,21,22,25). The van der Waals surface area contributed by atoms with E-state index in [1.54, 1.807) is 23.2 Å². The second-order valence-corrected chi connectivity index (χ2v) is 6.11. The number of nitrogens with one attached hydrogen (secondary N) is 1. The topological polar surface area (TPSA) is 62.3 Å². The third kappa shape index (κ3) is 2.96. The summed E-state index contributed by atoms with van der Waals surface area (Å²) in [5.74, 6) is -0.0793. The van der Waals surface area contributed by atoms with Gasteiger partial charge < -0.3 is 10.2 Å². The van der Waals surface area contributed by atoms with Gasteiger partial charge in [0.25, 0.3) is 0 Å². The predicted molar refractivity (Wildman–Crippen MR) is 97.3 cm³/mol. The second-order valence-electron chi connectivity index (χ2n) is 6.11. The fourth-order valence-electron chi connectivity index (χ4n) is 3.22. The zero-order valence-electron chi connectivity index (χ0n) is 13.6. The van der Waals surface area contributed by atoms with Crippen LogP contribution in [0.2, 0.25) is 0 Å². The highest BCUT2D eigenvalue weighted by atomic mass is 16.2. The molecule has 1 aromatic heterocycles. The van der Waals surface area contributed by atoms with E-state index < -0.39 is 0 Å². The summed E-state index contributed by atoms with van der Waals surface area (Å²) in [6.45, 7) is 0.380. The molecule has 0 aliphatic carbocycles. The van der Waals surface area contributed by atoms with Gasteiger partial charge in [-0.1, -0.05) is 42.5 Å². The summed E-state index contributed by atoms with van der Waals surface area (Å²) in [6.07, 6.45) is 1.83. The van der Waals surface area contributed by atoms with Gasteiger partial charge in [0.2, 0.25) is 11.8 Å². The van der Waals surface area contributed by atoms with Gasteiger partial charge in [0, 0.05) is 24.5 Å². The van der Waals surface area contributed by atoms with Crippen molar-refractivity contribution in [3.63, 3.8) is 0 Å². The van der Waals surface area contributed by atoms with Crippen molar-refractivity contribution >= 4 is 34.1 Å². The van der Waals surface area contributed by atoms with Crippen molar-refractivity contribution in [3.05, 3.63) is 66.9 Å². The van der Waals surface area contributed by atoms with Gasteiger partial charge >= 0.3 is 0 Å². The number of hydrogen-bond acceptors (Lipinski definition) is 3. The lowest BCUT2D eigenvalue weighted by atomic mass is 10.1. The Labute approximate surface area is 145 Å². The summed E-state index contributed by atoms with van der Waals surface area (Å²) in [7, 11) is 0. The van der Waals surface area contributed by atoms with Gasteiger partial charge in [-0.15, -0.1) is 0 Å². The molecule has 1 unspecified atom stereocenters. The highest BCUT2D eigenvalue weighted by molar-refractivity contribution is 6.08. The van der Waals surface area contributed by atoms with Crippen LogP contribution in [0.5, 0.6) is 0 Å². The summed E-state index contributed by atoms with van der Waals surface area (Å²) in [5.41, 5.74) is 0.858. The number of nitrogens with zero attached hydrogens (tertiary/aromatic N) is 2. The Morgan fingerprint density at radius 2 is 1.84 bits per heavy atom. The van der Waals surface area contributed by atoms with Gasteiger partial charge in [0.05, 0.1) is 11.6 Å². The van der Waals surface area contributed by atoms with E-state index >= 15 is 0 Å². The molecule has 25 heavy (non-hydrogen) atoms. The van der Waals surface area contributed by atoms with Gasteiger partial charge in [-0.3, -0.25) is 9.59 Å². The average molecular weight is 331 g/mol. The molecule has 0 radical (unpaired) electrons. The molecule has 0 spiro atoms. The molecule has 4 rings (SSSR count). The Hall–Kier alpha value is -3.21. The van der Waals surface area contributed by atoms with E-state index in [0.717, 1.165) is 16.5 Å².